The second-order valence-corrected chi connectivity index (χ2v) is 5.55. The van der Waals surface area contributed by atoms with Crippen LogP contribution in [0, 0.1) is 15.9 Å². The molecule has 3 aromatic rings. The van der Waals surface area contributed by atoms with E-state index in [-0.39, 0.29) is 23.4 Å². The number of nitro benzene ring substituents is 1. The van der Waals surface area contributed by atoms with Gasteiger partial charge in [-0.05, 0) is 36.4 Å². The van der Waals surface area contributed by atoms with Crippen molar-refractivity contribution in [2.45, 2.75) is 6.61 Å². The molecule has 0 aliphatic rings. The van der Waals surface area contributed by atoms with Gasteiger partial charge in [0.25, 0.3) is 5.69 Å². The van der Waals surface area contributed by atoms with E-state index in [0.717, 1.165) is 0 Å². The van der Waals surface area contributed by atoms with Gasteiger partial charge in [0.1, 0.15) is 23.9 Å². The van der Waals surface area contributed by atoms with Crippen LogP contribution in [-0.4, -0.2) is 10.9 Å². The Balaban J connectivity index is 1.66. The van der Waals surface area contributed by atoms with Gasteiger partial charge in [0.05, 0.1) is 10.5 Å². The highest BCUT2D eigenvalue weighted by Gasteiger charge is 2.11. The van der Waals surface area contributed by atoms with Crippen molar-refractivity contribution < 1.29 is 23.6 Å². The van der Waals surface area contributed by atoms with E-state index in [0.29, 0.717) is 11.5 Å². The summed E-state index contributed by atoms with van der Waals surface area (Å²) in [7, 11) is 0. The molecular formula is C20H14FNO5. The molecule has 0 N–H and O–H groups in total. The molecule has 0 radical (unpaired) electrons. The van der Waals surface area contributed by atoms with E-state index < -0.39 is 16.7 Å². The second kappa shape index (κ2) is 8.09. The van der Waals surface area contributed by atoms with Crippen LogP contribution >= 0.6 is 0 Å². The van der Waals surface area contributed by atoms with Crippen LogP contribution in [0.3, 0.4) is 0 Å². The van der Waals surface area contributed by atoms with Gasteiger partial charge in [-0.3, -0.25) is 10.1 Å². The monoisotopic (exact) mass is 367 g/mol. The molecule has 0 saturated carbocycles. The number of ether oxygens (including phenoxy) is 2. The van der Waals surface area contributed by atoms with Gasteiger partial charge in [-0.1, -0.05) is 24.3 Å². The zero-order chi connectivity index (χ0) is 19.2. The fourth-order valence-electron chi connectivity index (χ4n) is 2.30. The Morgan fingerprint density at radius 1 is 0.963 bits per heavy atom. The molecule has 3 rings (SSSR count). The lowest BCUT2D eigenvalue weighted by molar-refractivity contribution is -0.384. The molecule has 136 valence electrons. The van der Waals surface area contributed by atoms with Crippen LogP contribution < -0.4 is 4.74 Å². The van der Waals surface area contributed by atoms with Gasteiger partial charge in [-0.2, -0.15) is 0 Å². The number of carbonyl (C=O) groups excluding carboxylic acids is 1. The molecule has 0 atom stereocenters. The van der Waals surface area contributed by atoms with Gasteiger partial charge in [-0.25, -0.2) is 9.18 Å². The Morgan fingerprint density at radius 2 is 1.70 bits per heavy atom. The summed E-state index contributed by atoms with van der Waals surface area (Å²) in [4.78, 5) is 22.3. The summed E-state index contributed by atoms with van der Waals surface area (Å²) >= 11 is 0. The molecule has 7 heteroatoms. The van der Waals surface area contributed by atoms with Gasteiger partial charge in [0, 0.05) is 17.7 Å². The Morgan fingerprint density at radius 3 is 2.41 bits per heavy atom. The second-order valence-electron chi connectivity index (χ2n) is 5.55. The van der Waals surface area contributed by atoms with Crippen molar-refractivity contribution in [1.29, 1.82) is 0 Å². The predicted molar refractivity (Wildman–Crippen MR) is 95.1 cm³/mol. The van der Waals surface area contributed by atoms with Crippen molar-refractivity contribution in [3.63, 3.8) is 0 Å². The van der Waals surface area contributed by atoms with E-state index in [4.69, 9.17) is 9.47 Å². The Bertz CT molecular complexity index is 972. The summed E-state index contributed by atoms with van der Waals surface area (Å²) in [6, 6.07) is 17.9. The highest BCUT2D eigenvalue weighted by atomic mass is 19.1. The summed E-state index contributed by atoms with van der Waals surface area (Å²) in [5.41, 5.74) is 0.475. The smallest absolute Gasteiger partial charge is 0.338 e. The molecule has 0 aromatic heterocycles. The average Bonchev–Trinajstić information content (AvgIpc) is 2.68. The van der Waals surface area contributed by atoms with Crippen molar-refractivity contribution in [2.75, 3.05) is 0 Å². The molecule has 27 heavy (non-hydrogen) atoms. The molecule has 0 amide bonds. The van der Waals surface area contributed by atoms with Gasteiger partial charge in [0.2, 0.25) is 0 Å². The standard InChI is InChI=1S/C20H14FNO5/c21-19-7-2-1-4-15(19)13-26-20(23)14-5-3-6-18(12-14)27-17-10-8-16(9-11-17)22(24)25/h1-12H,13H2. The van der Waals surface area contributed by atoms with Crippen LogP contribution in [0.5, 0.6) is 11.5 Å². The Hall–Kier alpha value is -3.74. The summed E-state index contributed by atoms with van der Waals surface area (Å²) in [6.45, 7) is -0.182. The van der Waals surface area contributed by atoms with Crippen LogP contribution in [0.25, 0.3) is 0 Å². The van der Waals surface area contributed by atoms with E-state index in [1.165, 1.54) is 42.5 Å². The summed E-state index contributed by atoms with van der Waals surface area (Å²) in [5.74, 6) is -0.311. The van der Waals surface area contributed by atoms with E-state index in [2.05, 4.69) is 0 Å². The molecule has 0 unspecified atom stereocenters. The first kappa shape index (κ1) is 18.1. The van der Waals surface area contributed by atoms with Gasteiger partial charge >= 0.3 is 5.97 Å². The Labute approximate surface area is 153 Å². The molecule has 0 saturated heterocycles. The highest BCUT2D eigenvalue weighted by molar-refractivity contribution is 5.89. The van der Waals surface area contributed by atoms with E-state index >= 15 is 0 Å². The molecule has 0 spiro atoms. The molecule has 0 heterocycles. The third kappa shape index (κ3) is 4.66. The van der Waals surface area contributed by atoms with Crippen molar-refractivity contribution >= 4 is 11.7 Å². The first-order chi connectivity index (χ1) is 13.0. The van der Waals surface area contributed by atoms with E-state index in [1.54, 1.807) is 30.3 Å². The van der Waals surface area contributed by atoms with Crippen LogP contribution in [0.1, 0.15) is 15.9 Å². The number of hydrogen-bond donors (Lipinski definition) is 0. The van der Waals surface area contributed by atoms with Gasteiger partial charge in [0.15, 0.2) is 0 Å². The van der Waals surface area contributed by atoms with E-state index in [9.17, 15) is 19.3 Å². The number of nitro groups is 1. The predicted octanol–water partition coefficient (Wildman–Crippen LogP) is 4.88. The van der Waals surface area contributed by atoms with Crippen molar-refractivity contribution in [1.82, 2.24) is 0 Å². The van der Waals surface area contributed by atoms with Crippen molar-refractivity contribution in [3.8, 4) is 11.5 Å². The Kier molecular flexibility index (Phi) is 5.41. The van der Waals surface area contributed by atoms with Crippen LogP contribution in [0.4, 0.5) is 10.1 Å². The molecule has 0 aliphatic heterocycles. The van der Waals surface area contributed by atoms with E-state index in [1.807, 2.05) is 0 Å². The van der Waals surface area contributed by atoms with Crippen LogP contribution in [0.15, 0.2) is 72.8 Å². The van der Waals surface area contributed by atoms with Crippen LogP contribution in [-0.2, 0) is 11.3 Å². The SMILES string of the molecule is O=C(OCc1ccccc1F)c1cccc(Oc2ccc([N+](=O)[O-])cc2)c1. The number of benzene rings is 3. The van der Waals surface area contributed by atoms with Crippen LogP contribution in [0.2, 0.25) is 0 Å². The van der Waals surface area contributed by atoms with Gasteiger partial charge in [-0.15, -0.1) is 0 Å². The zero-order valence-corrected chi connectivity index (χ0v) is 14.0. The first-order valence-electron chi connectivity index (χ1n) is 7.96. The van der Waals surface area contributed by atoms with Crippen molar-refractivity contribution in [2.24, 2.45) is 0 Å². The quantitative estimate of drug-likeness (QED) is 0.352. The third-order valence-electron chi connectivity index (χ3n) is 3.67. The number of halogens is 1. The average molecular weight is 367 g/mol. The summed E-state index contributed by atoms with van der Waals surface area (Å²) < 4.78 is 24.3. The molecule has 6 nitrogen and oxygen atoms in total. The fraction of sp³-hybridized carbons (Fsp3) is 0.0500. The van der Waals surface area contributed by atoms with Crippen molar-refractivity contribution in [3.05, 3.63) is 99.9 Å². The normalized spacial score (nSPS) is 10.3. The minimum atomic E-state index is -0.618. The lowest BCUT2D eigenvalue weighted by Crippen LogP contribution is -2.06. The molecule has 0 aliphatic carbocycles. The maximum Gasteiger partial charge on any atom is 0.338 e. The topological polar surface area (TPSA) is 78.7 Å². The highest BCUT2D eigenvalue weighted by Crippen LogP contribution is 2.25. The number of rotatable bonds is 6. The largest absolute Gasteiger partial charge is 0.457 e. The first-order valence-corrected chi connectivity index (χ1v) is 7.96. The number of carbonyl (C=O) groups is 1. The third-order valence-corrected chi connectivity index (χ3v) is 3.67. The maximum atomic E-state index is 13.6. The maximum absolute atomic E-state index is 13.6. The lowest BCUT2D eigenvalue weighted by atomic mass is 10.2. The molecule has 0 bridgehead atoms. The molecule has 3 aromatic carbocycles. The minimum absolute atomic E-state index is 0.0483. The van der Waals surface area contributed by atoms with Gasteiger partial charge < -0.3 is 9.47 Å². The fourth-order valence-corrected chi connectivity index (χ4v) is 2.30. The summed E-state index contributed by atoms with van der Waals surface area (Å²) in [6.07, 6.45) is 0. The zero-order valence-electron chi connectivity index (χ0n) is 14.0. The lowest BCUT2D eigenvalue weighted by Gasteiger charge is -2.08. The number of nitrogens with zero attached hydrogens (tertiary/aromatic N) is 1. The number of esters is 1. The summed E-state index contributed by atoms with van der Waals surface area (Å²) in [5, 5.41) is 10.7. The minimum Gasteiger partial charge on any atom is -0.457 e. The molecule has 0 fully saturated rings. The number of non-ortho nitro benzene ring substituents is 1. The molecular weight excluding hydrogens is 353 g/mol. The number of hydrogen-bond acceptors (Lipinski definition) is 5.